The van der Waals surface area contributed by atoms with Crippen LogP contribution >= 0.6 is 0 Å². The zero-order valence-electron chi connectivity index (χ0n) is 22.1. The van der Waals surface area contributed by atoms with E-state index in [4.69, 9.17) is 4.98 Å². The summed E-state index contributed by atoms with van der Waals surface area (Å²) in [6.07, 6.45) is 13.4. The lowest BCUT2D eigenvalue weighted by Gasteiger charge is -2.20. The second-order valence-electron chi connectivity index (χ2n) is 10.8. The van der Waals surface area contributed by atoms with Crippen LogP contribution in [0.2, 0.25) is 0 Å². The van der Waals surface area contributed by atoms with Crippen molar-refractivity contribution < 1.29 is 0 Å². The molecular weight excluding hydrogens is 490 g/mol. The molecule has 5 heteroatoms. The van der Waals surface area contributed by atoms with E-state index in [9.17, 15) is 0 Å². The van der Waals surface area contributed by atoms with Crippen LogP contribution in [0, 0.1) is 5.92 Å². The standard InChI is InChI=1S/C34H29N5.CH4/c1-23-12-14-31-32(24-16-19-36(2)20-17-24)35-34(38(31)22-23)39-30-11-7-6-10-26(30)27-13-15-29-28(33(27)39)18-21-37(29)25-8-4-3-5-9-25;/h3-19,21,23H,20,22H2,1-2H3;1H4. The molecule has 40 heavy (non-hydrogen) atoms. The monoisotopic (exact) mass is 523 g/mol. The molecule has 8 rings (SSSR count). The van der Waals surface area contributed by atoms with Gasteiger partial charge in [-0.1, -0.05) is 69.0 Å². The van der Waals surface area contributed by atoms with Gasteiger partial charge in [0.05, 0.1) is 27.9 Å². The van der Waals surface area contributed by atoms with Crippen molar-refractivity contribution in [3.8, 4) is 11.6 Å². The van der Waals surface area contributed by atoms with Gasteiger partial charge in [0.25, 0.3) is 0 Å². The van der Waals surface area contributed by atoms with Crippen molar-refractivity contribution in [1.29, 1.82) is 0 Å². The number of likely N-dealkylation sites (N-methyl/N-ethyl adjacent to an activating group) is 1. The SMILES string of the molecule is C.CC1C=Cc2c(C3=CCN(C)C=C3)nc(-n3c4ccccc4c4ccc5c(ccn5-c5ccccc5)c43)n2C1. The van der Waals surface area contributed by atoms with Gasteiger partial charge in [-0.3, -0.25) is 4.57 Å². The van der Waals surface area contributed by atoms with Gasteiger partial charge >= 0.3 is 0 Å². The van der Waals surface area contributed by atoms with Crippen LogP contribution < -0.4 is 0 Å². The van der Waals surface area contributed by atoms with Gasteiger partial charge in [-0.05, 0) is 54.6 Å². The minimum absolute atomic E-state index is 0. The zero-order chi connectivity index (χ0) is 26.1. The summed E-state index contributed by atoms with van der Waals surface area (Å²) in [4.78, 5) is 7.61. The maximum absolute atomic E-state index is 5.42. The van der Waals surface area contributed by atoms with Crippen LogP contribution in [-0.4, -0.2) is 37.2 Å². The fourth-order valence-corrected chi connectivity index (χ4v) is 6.24. The summed E-state index contributed by atoms with van der Waals surface area (Å²) in [5, 5.41) is 3.73. The Kier molecular flexibility index (Phi) is 5.56. The van der Waals surface area contributed by atoms with Gasteiger partial charge in [-0.25, -0.2) is 4.98 Å². The van der Waals surface area contributed by atoms with E-state index in [-0.39, 0.29) is 7.43 Å². The minimum Gasteiger partial charge on any atom is -0.377 e. The van der Waals surface area contributed by atoms with Crippen molar-refractivity contribution in [3.63, 3.8) is 0 Å². The van der Waals surface area contributed by atoms with Crippen molar-refractivity contribution in [3.05, 3.63) is 115 Å². The molecule has 3 aromatic carbocycles. The van der Waals surface area contributed by atoms with E-state index in [2.05, 4.69) is 142 Å². The number of aromatic nitrogens is 4. The second kappa shape index (κ2) is 9.16. The van der Waals surface area contributed by atoms with Gasteiger partial charge in [-0.2, -0.15) is 0 Å². The van der Waals surface area contributed by atoms with Crippen molar-refractivity contribution in [1.82, 2.24) is 23.6 Å². The normalized spacial score (nSPS) is 16.5. The fraction of sp³-hybridized carbons (Fsp3) is 0.171. The Labute approximate surface area is 234 Å². The van der Waals surface area contributed by atoms with Crippen molar-refractivity contribution in [2.45, 2.75) is 20.9 Å². The quantitative estimate of drug-likeness (QED) is 0.235. The largest absolute Gasteiger partial charge is 0.377 e. The topological polar surface area (TPSA) is 30.9 Å². The molecule has 0 radical (unpaired) electrons. The van der Waals surface area contributed by atoms with Gasteiger partial charge in [-0.15, -0.1) is 0 Å². The number of allylic oxidation sites excluding steroid dienone is 3. The molecule has 0 amide bonds. The first kappa shape index (κ1) is 24.3. The van der Waals surface area contributed by atoms with Crippen LogP contribution in [0.4, 0.5) is 0 Å². The fourth-order valence-electron chi connectivity index (χ4n) is 6.24. The van der Waals surface area contributed by atoms with E-state index in [0.717, 1.165) is 30.4 Å². The predicted molar refractivity (Wildman–Crippen MR) is 168 cm³/mol. The molecule has 0 saturated heterocycles. The summed E-state index contributed by atoms with van der Waals surface area (Å²) in [6, 6.07) is 26.1. The molecule has 2 aliphatic heterocycles. The Morgan fingerprint density at radius 1 is 0.825 bits per heavy atom. The maximum Gasteiger partial charge on any atom is 0.215 e. The molecule has 0 bridgehead atoms. The van der Waals surface area contributed by atoms with Crippen LogP contribution in [0.25, 0.3) is 56.0 Å². The van der Waals surface area contributed by atoms with Crippen LogP contribution in [0.5, 0.6) is 0 Å². The molecule has 3 aromatic heterocycles. The van der Waals surface area contributed by atoms with Crippen LogP contribution in [-0.2, 0) is 6.54 Å². The molecule has 0 fully saturated rings. The highest BCUT2D eigenvalue weighted by Crippen LogP contribution is 2.39. The van der Waals surface area contributed by atoms with E-state index in [1.54, 1.807) is 0 Å². The summed E-state index contributed by atoms with van der Waals surface area (Å²) in [6.45, 7) is 4.07. The first-order valence-electron chi connectivity index (χ1n) is 13.6. The van der Waals surface area contributed by atoms with Gasteiger partial charge in [0.1, 0.15) is 0 Å². The predicted octanol–water partition coefficient (Wildman–Crippen LogP) is 8.07. The Balaban J connectivity index is 0.00000264. The molecule has 0 saturated carbocycles. The summed E-state index contributed by atoms with van der Waals surface area (Å²) in [5.74, 6) is 1.42. The van der Waals surface area contributed by atoms with Crippen LogP contribution in [0.15, 0.2) is 103 Å². The lowest BCUT2D eigenvalue weighted by atomic mass is 10.0. The Bertz CT molecular complexity index is 1990. The highest BCUT2D eigenvalue weighted by Gasteiger charge is 2.26. The number of hydrogen-bond donors (Lipinski definition) is 0. The number of nitrogens with zero attached hydrogens (tertiary/aromatic N) is 5. The minimum atomic E-state index is 0. The maximum atomic E-state index is 5.42. The molecule has 0 N–H and O–H groups in total. The third-order valence-corrected chi connectivity index (χ3v) is 8.16. The zero-order valence-corrected chi connectivity index (χ0v) is 22.1. The Morgan fingerprint density at radius 3 is 2.48 bits per heavy atom. The Morgan fingerprint density at radius 2 is 1.65 bits per heavy atom. The molecule has 1 unspecified atom stereocenters. The molecule has 2 aliphatic rings. The van der Waals surface area contributed by atoms with Gasteiger partial charge in [0, 0.05) is 53.8 Å². The van der Waals surface area contributed by atoms with E-state index in [0.29, 0.717) is 5.92 Å². The van der Waals surface area contributed by atoms with Crippen molar-refractivity contribution >= 4 is 44.4 Å². The molecular formula is C35H33N5. The van der Waals surface area contributed by atoms with Crippen molar-refractivity contribution in [2.75, 3.05) is 13.6 Å². The van der Waals surface area contributed by atoms with Crippen molar-refractivity contribution in [2.24, 2.45) is 5.92 Å². The summed E-state index contributed by atoms with van der Waals surface area (Å²) in [5.41, 5.74) is 8.16. The number of hydrogen-bond acceptors (Lipinski definition) is 2. The number of rotatable bonds is 3. The van der Waals surface area contributed by atoms with Gasteiger partial charge in [0.2, 0.25) is 5.95 Å². The average Bonchev–Trinajstić information content (AvgIpc) is 3.65. The van der Waals surface area contributed by atoms with E-state index in [1.807, 2.05) is 0 Å². The molecule has 1 atom stereocenters. The highest BCUT2D eigenvalue weighted by atomic mass is 15.3. The highest BCUT2D eigenvalue weighted by molar-refractivity contribution is 6.18. The first-order valence-corrected chi connectivity index (χ1v) is 13.6. The lowest BCUT2D eigenvalue weighted by Crippen LogP contribution is -2.16. The Hall–Kier alpha value is -4.77. The van der Waals surface area contributed by atoms with Crippen LogP contribution in [0.1, 0.15) is 25.7 Å². The first-order chi connectivity index (χ1) is 19.2. The van der Waals surface area contributed by atoms with E-state index < -0.39 is 0 Å². The molecule has 0 aliphatic carbocycles. The summed E-state index contributed by atoms with van der Waals surface area (Å²) < 4.78 is 7.11. The molecule has 6 aromatic rings. The molecule has 0 spiro atoms. The average molecular weight is 524 g/mol. The van der Waals surface area contributed by atoms with E-state index in [1.165, 1.54) is 44.0 Å². The number of benzene rings is 3. The molecule has 198 valence electrons. The smallest absolute Gasteiger partial charge is 0.215 e. The van der Waals surface area contributed by atoms with Gasteiger partial charge < -0.3 is 14.0 Å². The number of fused-ring (bicyclic) bond motifs is 6. The number of imidazole rings is 1. The van der Waals surface area contributed by atoms with Gasteiger partial charge in [0.15, 0.2) is 0 Å². The molecule has 5 heterocycles. The summed E-state index contributed by atoms with van der Waals surface area (Å²) in [7, 11) is 2.10. The number of para-hydroxylation sites is 2. The second-order valence-corrected chi connectivity index (χ2v) is 10.8. The third kappa shape index (κ3) is 3.51. The summed E-state index contributed by atoms with van der Waals surface area (Å²) >= 11 is 0. The third-order valence-electron chi connectivity index (χ3n) is 8.16. The molecule has 5 nitrogen and oxygen atoms in total. The van der Waals surface area contributed by atoms with Crippen LogP contribution in [0.3, 0.4) is 0 Å². The van der Waals surface area contributed by atoms with E-state index >= 15 is 0 Å². The lowest BCUT2D eigenvalue weighted by molar-refractivity contribution is 0.506.